The number of alkyl carbamates (subject to hydrolysis) is 1. The number of halogens is 1. The highest BCUT2D eigenvalue weighted by atomic mass is 79.9. The highest BCUT2D eigenvalue weighted by Gasteiger charge is 2.36. The van der Waals surface area contributed by atoms with E-state index in [1.165, 1.54) is 4.57 Å². The lowest BCUT2D eigenvalue weighted by molar-refractivity contribution is -0.136. The van der Waals surface area contributed by atoms with Gasteiger partial charge < -0.3 is 25.9 Å². The average Bonchev–Trinajstić information content (AvgIpc) is 2.81. The lowest BCUT2D eigenvalue weighted by Crippen LogP contribution is -2.44. The molecule has 1 aliphatic rings. The summed E-state index contributed by atoms with van der Waals surface area (Å²) in [5.41, 5.74) is 6.54. The van der Waals surface area contributed by atoms with Gasteiger partial charge in [0.15, 0.2) is 0 Å². The number of carboxylic acids is 1. The van der Waals surface area contributed by atoms with E-state index >= 15 is 0 Å². The first-order chi connectivity index (χ1) is 18.2. The molecule has 11 nitrogen and oxygen atoms in total. The van der Waals surface area contributed by atoms with Crippen molar-refractivity contribution < 1.29 is 24.2 Å². The van der Waals surface area contributed by atoms with Gasteiger partial charge in [0.05, 0.1) is 29.4 Å². The standard InChI is InChI=1S/C27H29BrN4O7/c1-27(2,3)39-26(38)30-12-13-4-6-17(15(8-13)10-20(33)34)21(23(29)35)19-7-5-14-9-16(28)11-18-22(14)32(19)25(37)24(36)31-18/h4,6,8-9,11,19,21H,5,7,10,12H2,1-3H3,(H2,29,35)(H,30,38)(H,31,36)(H,33,34)/t19-,21?/m0/s1. The van der Waals surface area contributed by atoms with Gasteiger partial charge in [0.1, 0.15) is 5.60 Å². The molecule has 4 rings (SSSR count). The summed E-state index contributed by atoms with van der Waals surface area (Å²) in [5.74, 6) is -2.98. The Morgan fingerprint density at radius 3 is 2.59 bits per heavy atom. The molecule has 0 spiro atoms. The normalized spacial score (nSPS) is 15.5. The lowest BCUT2D eigenvalue weighted by Gasteiger charge is -2.33. The van der Waals surface area contributed by atoms with E-state index in [1.807, 2.05) is 6.07 Å². The summed E-state index contributed by atoms with van der Waals surface area (Å²) in [7, 11) is 0. The first-order valence-electron chi connectivity index (χ1n) is 12.3. The number of benzene rings is 2. The van der Waals surface area contributed by atoms with E-state index in [0.29, 0.717) is 40.6 Å². The number of amides is 2. The Bertz CT molecular complexity index is 1600. The summed E-state index contributed by atoms with van der Waals surface area (Å²) in [4.78, 5) is 65.1. The number of hydrogen-bond acceptors (Lipinski definition) is 6. The SMILES string of the molecule is CC(C)(C)OC(=O)NCc1ccc(C(C(N)=O)[C@@H]2CCc3cc(Br)cc4[nH]c(=O)c(=O)n2c34)c(CC(=O)O)c1. The quantitative estimate of drug-likeness (QED) is 0.301. The number of aromatic nitrogens is 2. The van der Waals surface area contributed by atoms with Gasteiger partial charge in [0, 0.05) is 11.0 Å². The van der Waals surface area contributed by atoms with Gasteiger partial charge in [-0.3, -0.25) is 23.7 Å². The molecule has 2 heterocycles. The molecule has 5 N–H and O–H groups in total. The first-order valence-corrected chi connectivity index (χ1v) is 13.1. The van der Waals surface area contributed by atoms with Crippen LogP contribution in [-0.2, 0) is 33.7 Å². The van der Waals surface area contributed by atoms with Crippen molar-refractivity contribution in [3.05, 3.63) is 77.8 Å². The second kappa shape index (κ2) is 10.7. The second-order valence-corrected chi connectivity index (χ2v) is 11.5. The fourth-order valence-electron chi connectivity index (χ4n) is 5.10. The third-order valence-electron chi connectivity index (χ3n) is 6.51. The van der Waals surface area contributed by atoms with E-state index < -0.39 is 53.1 Å². The van der Waals surface area contributed by atoms with E-state index in [4.69, 9.17) is 10.5 Å². The van der Waals surface area contributed by atoms with Crippen molar-refractivity contribution in [2.75, 3.05) is 0 Å². The smallest absolute Gasteiger partial charge is 0.407 e. The van der Waals surface area contributed by atoms with Crippen LogP contribution in [-0.4, -0.2) is 38.2 Å². The number of carbonyl (C=O) groups excluding carboxylic acids is 2. The minimum absolute atomic E-state index is 0.0584. The summed E-state index contributed by atoms with van der Waals surface area (Å²) in [6.45, 7) is 5.26. The van der Waals surface area contributed by atoms with Gasteiger partial charge in [0.2, 0.25) is 5.91 Å². The predicted molar refractivity (Wildman–Crippen MR) is 147 cm³/mol. The van der Waals surface area contributed by atoms with Crippen LogP contribution < -0.4 is 22.2 Å². The van der Waals surface area contributed by atoms with Crippen molar-refractivity contribution in [2.45, 2.75) is 64.1 Å². The number of primary amides is 1. The van der Waals surface area contributed by atoms with Gasteiger partial charge >= 0.3 is 23.2 Å². The van der Waals surface area contributed by atoms with Crippen molar-refractivity contribution in [2.24, 2.45) is 5.73 Å². The predicted octanol–water partition coefficient (Wildman–Crippen LogP) is 2.86. The molecule has 0 saturated carbocycles. The number of carboxylic acid groups (broad SMARTS) is 1. The van der Waals surface area contributed by atoms with Gasteiger partial charge in [-0.05, 0) is 68.0 Å². The van der Waals surface area contributed by atoms with Crippen molar-refractivity contribution >= 4 is 44.9 Å². The van der Waals surface area contributed by atoms with E-state index in [2.05, 4.69) is 26.2 Å². The van der Waals surface area contributed by atoms with E-state index in [-0.39, 0.29) is 6.54 Å². The van der Waals surface area contributed by atoms with E-state index in [1.54, 1.807) is 45.0 Å². The van der Waals surface area contributed by atoms with Crippen LogP contribution in [0.4, 0.5) is 4.79 Å². The van der Waals surface area contributed by atoms with E-state index in [0.717, 1.165) is 10.0 Å². The monoisotopic (exact) mass is 600 g/mol. The molecule has 1 aliphatic heterocycles. The number of carbonyl (C=O) groups is 3. The zero-order valence-electron chi connectivity index (χ0n) is 21.7. The van der Waals surface area contributed by atoms with Crippen molar-refractivity contribution in [1.29, 1.82) is 0 Å². The van der Waals surface area contributed by atoms with Crippen LogP contribution in [0.1, 0.15) is 61.4 Å². The van der Waals surface area contributed by atoms with Gasteiger partial charge in [-0.25, -0.2) is 4.79 Å². The van der Waals surface area contributed by atoms with Gasteiger partial charge in [-0.1, -0.05) is 34.1 Å². The molecular formula is C27H29BrN4O7. The van der Waals surface area contributed by atoms with Crippen LogP contribution in [0.3, 0.4) is 0 Å². The van der Waals surface area contributed by atoms with Crippen molar-refractivity contribution in [3.63, 3.8) is 0 Å². The van der Waals surface area contributed by atoms with Crippen molar-refractivity contribution in [3.8, 4) is 0 Å². The maximum atomic E-state index is 13.1. The average molecular weight is 601 g/mol. The van der Waals surface area contributed by atoms with Crippen LogP contribution >= 0.6 is 15.9 Å². The highest BCUT2D eigenvalue weighted by molar-refractivity contribution is 9.10. The summed E-state index contributed by atoms with van der Waals surface area (Å²) >= 11 is 3.42. The number of ether oxygens (including phenoxy) is 1. The van der Waals surface area contributed by atoms with E-state index in [9.17, 15) is 29.1 Å². The number of aromatic amines is 1. The molecule has 3 aromatic rings. The number of nitrogens with zero attached hydrogens (tertiary/aromatic N) is 1. The Morgan fingerprint density at radius 1 is 1.23 bits per heavy atom. The fraction of sp³-hybridized carbons (Fsp3) is 0.370. The van der Waals surface area contributed by atoms with Gasteiger partial charge in [-0.15, -0.1) is 0 Å². The van der Waals surface area contributed by atoms with Crippen LogP contribution in [0.5, 0.6) is 0 Å². The molecular weight excluding hydrogens is 572 g/mol. The number of aliphatic carboxylic acids is 1. The molecule has 0 aliphatic carbocycles. The molecule has 0 radical (unpaired) electrons. The summed E-state index contributed by atoms with van der Waals surface area (Å²) in [5, 5.41) is 12.2. The molecule has 12 heteroatoms. The Kier molecular flexibility index (Phi) is 7.69. The molecule has 2 amide bonds. The molecule has 206 valence electrons. The zero-order valence-corrected chi connectivity index (χ0v) is 23.3. The molecule has 1 unspecified atom stereocenters. The number of nitrogens with one attached hydrogen (secondary N) is 2. The largest absolute Gasteiger partial charge is 0.481 e. The Morgan fingerprint density at radius 2 is 1.95 bits per heavy atom. The number of H-pyrrole nitrogens is 1. The van der Waals surface area contributed by atoms with Crippen LogP contribution in [0.15, 0.2) is 44.4 Å². The van der Waals surface area contributed by atoms with Gasteiger partial charge in [0.25, 0.3) is 0 Å². The molecule has 1 aromatic heterocycles. The third-order valence-corrected chi connectivity index (χ3v) is 6.97. The number of aryl methyl sites for hydroxylation is 1. The lowest BCUT2D eigenvalue weighted by atomic mass is 9.81. The molecule has 39 heavy (non-hydrogen) atoms. The summed E-state index contributed by atoms with van der Waals surface area (Å²) in [6, 6.07) is 7.55. The Labute approximate surface area is 231 Å². The van der Waals surface area contributed by atoms with Crippen LogP contribution in [0.2, 0.25) is 0 Å². The van der Waals surface area contributed by atoms with Crippen LogP contribution in [0.25, 0.3) is 11.0 Å². The molecule has 0 bridgehead atoms. The molecule has 2 aromatic carbocycles. The third kappa shape index (κ3) is 6.06. The maximum Gasteiger partial charge on any atom is 0.407 e. The summed E-state index contributed by atoms with van der Waals surface area (Å²) in [6.07, 6.45) is -0.229. The number of rotatable bonds is 7. The number of hydrogen-bond donors (Lipinski definition) is 4. The first kappa shape index (κ1) is 28.1. The fourth-order valence-corrected chi connectivity index (χ4v) is 5.61. The minimum atomic E-state index is -1.13. The second-order valence-electron chi connectivity index (χ2n) is 10.5. The number of nitrogens with two attached hydrogens (primary N) is 1. The molecule has 0 fully saturated rings. The topological polar surface area (TPSA) is 174 Å². The van der Waals surface area contributed by atoms with Crippen molar-refractivity contribution in [1.82, 2.24) is 14.9 Å². The Hall–Kier alpha value is -3.93. The van der Waals surface area contributed by atoms with Crippen LogP contribution in [0, 0.1) is 0 Å². The highest BCUT2D eigenvalue weighted by Crippen LogP contribution is 2.39. The zero-order chi connectivity index (χ0) is 28.6. The molecule has 2 atom stereocenters. The summed E-state index contributed by atoms with van der Waals surface area (Å²) < 4.78 is 7.29. The minimum Gasteiger partial charge on any atom is -0.481 e. The maximum absolute atomic E-state index is 13.1. The van der Waals surface area contributed by atoms with Gasteiger partial charge in [-0.2, -0.15) is 0 Å². The Balaban J connectivity index is 1.79. The molecule has 0 saturated heterocycles.